The Labute approximate surface area is 210 Å². The van der Waals surface area contributed by atoms with E-state index in [4.69, 9.17) is 19.4 Å². The topological polar surface area (TPSA) is 112 Å². The number of fused-ring (bicyclic) bond motifs is 1. The molecule has 0 saturated carbocycles. The number of pyridine rings is 1. The van der Waals surface area contributed by atoms with E-state index in [1.165, 1.54) is 0 Å². The van der Waals surface area contributed by atoms with Crippen LogP contribution in [0.4, 0.5) is 17.5 Å². The number of aryl methyl sites for hydroxylation is 2. The molecule has 4 heterocycles. The first-order valence-corrected chi connectivity index (χ1v) is 12.3. The van der Waals surface area contributed by atoms with E-state index in [1.807, 2.05) is 55.9 Å². The predicted octanol–water partition coefficient (Wildman–Crippen LogP) is 4.50. The fourth-order valence-corrected chi connectivity index (χ4v) is 4.40. The van der Waals surface area contributed by atoms with Crippen LogP contribution < -0.4 is 15.4 Å². The van der Waals surface area contributed by atoms with Crippen molar-refractivity contribution in [3.63, 3.8) is 0 Å². The van der Waals surface area contributed by atoms with E-state index in [0.717, 1.165) is 72.1 Å². The van der Waals surface area contributed by atoms with Gasteiger partial charge in [-0.25, -0.2) is 15.0 Å². The number of rotatable bonds is 8. The second-order valence-corrected chi connectivity index (χ2v) is 9.55. The second-order valence-electron chi connectivity index (χ2n) is 9.55. The van der Waals surface area contributed by atoms with Crippen molar-refractivity contribution in [3.05, 3.63) is 42.5 Å². The zero-order valence-electron chi connectivity index (χ0n) is 21.2. The molecule has 10 nitrogen and oxygen atoms in total. The van der Waals surface area contributed by atoms with Gasteiger partial charge in [-0.1, -0.05) is 6.92 Å². The summed E-state index contributed by atoms with van der Waals surface area (Å²) in [6.45, 7) is 9.17. The average molecular weight is 489 g/mol. The van der Waals surface area contributed by atoms with Crippen molar-refractivity contribution in [1.29, 1.82) is 0 Å². The van der Waals surface area contributed by atoms with Gasteiger partial charge in [0.05, 0.1) is 12.3 Å². The molecule has 0 atom stereocenters. The Bertz CT molecular complexity index is 1360. The van der Waals surface area contributed by atoms with Gasteiger partial charge in [0.15, 0.2) is 11.6 Å². The third-order valence-electron chi connectivity index (χ3n) is 6.57. The second kappa shape index (κ2) is 10.1. The van der Waals surface area contributed by atoms with Crippen molar-refractivity contribution in [2.75, 3.05) is 37.0 Å². The van der Waals surface area contributed by atoms with Gasteiger partial charge in [-0.15, -0.1) is 10.2 Å². The molecule has 1 aliphatic heterocycles. The van der Waals surface area contributed by atoms with Gasteiger partial charge in [-0.3, -0.25) is 0 Å². The van der Waals surface area contributed by atoms with E-state index in [1.54, 1.807) is 6.33 Å². The van der Waals surface area contributed by atoms with Crippen molar-refractivity contribution in [3.8, 4) is 17.1 Å². The van der Waals surface area contributed by atoms with Crippen LogP contribution in [0, 0.1) is 12.3 Å². The summed E-state index contributed by atoms with van der Waals surface area (Å²) in [5.74, 6) is 2.70. The van der Waals surface area contributed by atoms with Crippen molar-refractivity contribution >= 4 is 28.4 Å². The third kappa shape index (κ3) is 5.08. The Morgan fingerprint density at radius 3 is 2.75 bits per heavy atom. The highest BCUT2D eigenvalue weighted by Gasteiger charge is 2.27. The maximum atomic E-state index is 5.92. The van der Waals surface area contributed by atoms with Crippen LogP contribution in [0.3, 0.4) is 0 Å². The van der Waals surface area contributed by atoms with Gasteiger partial charge in [-0.05, 0) is 56.4 Å². The smallest absolute Gasteiger partial charge is 0.227 e. The van der Waals surface area contributed by atoms with Crippen LogP contribution in [0.2, 0.25) is 0 Å². The molecule has 10 heteroatoms. The van der Waals surface area contributed by atoms with Crippen molar-refractivity contribution in [2.24, 2.45) is 12.5 Å². The number of ether oxygens (including phenoxy) is 2. The molecule has 36 heavy (non-hydrogen) atoms. The van der Waals surface area contributed by atoms with Crippen LogP contribution in [-0.2, 0) is 11.8 Å². The summed E-state index contributed by atoms with van der Waals surface area (Å²) in [5.41, 5.74) is 3.55. The van der Waals surface area contributed by atoms with E-state index >= 15 is 0 Å². The molecular formula is C26H32N8O2. The number of anilines is 3. The van der Waals surface area contributed by atoms with Crippen LogP contribution in [0.1, 0.15) is 32.4 Å². The molecule has 188 valence electrons. The average Bonchev–Trinajstić information content (AvgIpc) is 3.30. The molecule has 1 aliphatic rings. The summed E-state index contributed by atoms with van der Waals surface area (Å²) in [6, 6.07) is 7.87. The van der Waals surface area contributed by atoms with E-state index in [-0.39, 0.29) is 5.41 Å². The quantitative estimate of drug-likeness (QED) is 0.370. The monoisotopic (exact) mass is 488 g/mol. The highest BCUT2D eigenvalue weighted by atomic mass is 16.5. The minimum absolute atomic E-state index is 0.168. The van der Waals surface area contributed by atoms with Crippen LogP contribution in [-0.4, -0.2) is 56.1 Å². The third-order valence-corrected chi connectivity index (χ3v) is 6.57. The summed E-state index contributed by atoms with van der Waals surface area (Å²) < 4.78 is 13.3. The fraction of sp³-hybridized carbons (Fsp3) is 0.423. The lowest BCUT2D eigenvalue weighted by Gasteiger charge is -2.33. The largest absolute Gasteiger partial charge is 0.492 e. The Morgan fingerprint density at radius 1 is 1.17 bits per heavy atom. The molecule has 1 fully saturated rings. The SMILES string of the molecule is CCOc1cc(-c2nncn2C)ccc1Nc1ncc2cc(C)nc(NCC3(C)CCOCC3)c2n1. The molecule has 4 aromatic rings. The molecule has 0 bridgehead atoms. The lowest BCUT2D eigenvalue weighted by atomic mass is 9.82. The molecule has 0 radical (unpaired) electrons. The zero-order valence-corrected chi connectivity index (χ0v) is 21.2. The molecule has 3 aromatic heterocycles. The van der Waals surface area contributed by atoms with Crippen LogP contribution in [0.25, 0.3) is 22.3 Å². The molecule has 5 rings (SSSR count). The van der Waals surface area contributed by atoms with Gasteiger partial charge in [-0.2, -0.15) is 0 Å². The fourth-order valence-electron chi connectivity index (χ4n) is 4.40. The number of hydrogen-bond donors (Lipinski definition) is 2. The normalized spacial score (nSPS) is 15.1. The minimum atomic E-state index is 0.168. The Balaban J connectivity index is 1.43. The van der Waals surface area contributed by atoms with Crippen molar-refractivity contribution in [2.45, 2.75) is 33.6 Å². The van der Waals surface area contributed by atoms with Gasteiger partial charge >= 0.3 is 0 Å². The molecule has 1 saturated heterocycles. The summed E-state index contributed by atoms with van der Waals surface area (Å²) in [4.78, 5) is 14.2. The summed E-state index contributed by atoms with van der Waals surface area (Å²) >= 11 is 0. The lowest BCUT2D eigenvalue weighted by Crippen LogP contribution is -2.33. The van der Waals surface area contributed by atoms with E-state index in [2.05, 4.69) is 32.7 Å². The van der Waals surface area contributed by atoms with Gasteiger partial charge in [0.25, 0.3) is 0 Å². The molecule has 0 unspecified atom stereocenters. The highest BCUT2D eigenvalue weighted by molar-refractivity contribution is 5.89. The number of nitrogens with zero attached hydrogens (tertiary/aromatic N) is 6. The van der Waals surface area contributed by atoms with E-state index in [0.29, 0.717) is 18.3 Å². The number of aromatic nitrogens is 6. The van der Waals surface area contributed by atoms with Crippen molar-refractivity contribution < 1.29 is 9.47 Å². The minimum Gasteiger partial charge on any atom is -0.492 e. The van der Waals surface area contributed by atoms with E-state index in [9.17, 15) is 0 Å². The maximum Gasteiger partial charge on any atom is 0.227 e. The Hall–Kier alpha value is -3.79. The summed E-state index contributed by atoms with van der Waals surface area (Å²) in [6.07, 6.45) is 5.55. The van der Waals surface area contributed by atoms with Gasteiger partial charge in [0, 0.05) is 49.6 Å². The maximum absolute atomic E-state index is 5.92. The predicted molar refractivity (Wildman–Crippen MR) is 140 cm³/mol. The standard InChI is InChI=1S/C26H32N8O2/c1-5-36-21-13-18(24-33-29-16-34(24)4)6-7-20(21)31-25-27-14-19-12-17(2)30-23(22(19)32-25)28-15-26(3)8-10-35-11-9-26/h6-7,12-14,16H,5,8-11,15H2,1-4H3,(H,28,30)(H,27,31,32). The van der Waals surface area contributed by atoms with Crippen LogP contribution in [0.15, 0.2) is 36.8 Å². The first-order valence-electron chi connectivity index (χ1n) is 12.3. The first-order chi connectivity index (χ1) is 17.4. The molecule has 0 amide bonds. The summed E-state index contributed by atoms with van der Waals surface area (Å²) in [5, 5.41) is 16.0. The molecule has 1 aromatic carbocycles. The first kappa shape index (κ1) is 23.9. The Kier molecular flexibility index (Phi) is 6.69. The van der Waals surface area contributed by atoms with Crippen LogP contribution in [0.5, 0.6) is 5.75 Å². The summed E-state index contributed by atoms with van der Waals surface area (Å²) in [7, 11) is 1.91. The number of nitrogens with one attached hydrogen (secondary N) is 2. The van der Waals surface area contributed by atoms with E-state index < -0.39 is 0 Å². The van der Waals surface area contributed by atoms with Gasteiger partial charge in [0.1, 0.15) is 17.6 Å². The van der Waals surface area contributed by atoms with Crippen molar-refractivity contribution in [1.82, 2.24) is 29.7 Å². The molecule has 2 N–H and O–H groups in total. The number of benzene rings is 1. The van der Waals surface area contributed by atoms with Gasteiger partial charge < -0.3 is 24.7 Å². The Morgan fingerprint density at radius 2 is 2.00 bits per heavy atom. The highest BCUT2D eigenvalue weighted by Crippen LogP contribution is 2.33. The van der Waals surface area contributed by atoms with Gasteiger partial charge in [0.2, 0.25) is 5.95 Å². The zero-order chi connectivity index (χ0) is 25.1. The van der Waals surface area contributed by atoms with Crippen LogP contribution >= 0.6 is 0 Å². The molecular weight excluding hydrogens is 456 g/mol. The lowest BCUT2D eigenvalue weighted by molar-refractivity contribution is 0.0300. The number of hydrogen-bond acceptors (Lipinski definition) is 9. The molecule has 0 aliphatic carbocycles. The molecule has 0 spiro atoms.